The zero-order valence-electron chi connectivity index (χ0n) is 11.0. The molecule has 0 radical (unpaired) electrons. The summed E-state index contributed by atoms with van der Waals surface area (Å²) in [6, 6.07) is 4.86. The van der Waals surface area contributed by atoms with Gasteiger partial charge in [0.05, 0.1) is 11.2 Å². The van der Waals surface area contributed by atoms with Crippen LogP contribution in [0.3, 0.4) is 0 Å². The minimum absolute atomic E-state index is 0.0299. The number of halogens is 2. The Labute approximate surface area is 117 Å². The molecule has 2 aromatic rings. The van der Waals surface area contributed by atoms with E-state index in [-0.39, 0.29) is 16.9 Å². The van der Waals surface area contributed by atoms with Crippen LogP contribution in [-0.2, 0) is 13.0 Å². The fourth-order valence-corrected chi connectivity index (χ4v) is 2.34. The Morgan fingerprint density at radius 2 is 2.26 bits per heavy atom. The summed E-state index contributed by atoms with van der Waals surface area (Å²) in [7, 11) is 1.84. The molecule has 0 fully saturated rings. The largest absolute Gasteiger partial charge is 0.313 e. The van der Waals surface area contributed by atoms with Crippen LogP contribution in [0.15, 0.2) is 30.6 Å². The summed E-state index contributed by atoms with van der Waals surface area (Å²) < 4.78 is 15.4. The third-order valence-corrected chi connectivity index (χ3v) is 3.55. The number of nitrogens with one attached hydrogen (secondary N) is 1. The Balaban J connectivity index is 2.22. The molecule has 3 nitrogen and oxygen atoms in total. The quantitative estimate of drug-likeness (QED) is 0.912. The second-order valence-electron chi connectivity index (χ2n) is 4.39. The fraction of sp³-hybridized carbons (Fsp3) is 0.357. The highest BCUT2D eigenvalue weighted by atomic mass is 35.5. The van der Waals surface area contributed by atoms with E-state index in [9.17, 15) is 4.39 Å². The van der Waals surface area contributed by atoms with Crippen LogP contribution in [0.5, 0.6) is 0 Å². The minimum Gasteiger partial charge on any atom is -0.313 e. The topological polar surface area (TPSA) is 29.9 Å². The van der Waals surface area contributed by atoms with Gasteiger partial charge in [-0.15, -0.1) is 0 Å². The monoisotopic (exact) mass is 281 g/mol. The molecule has 1 unspecified atom stereocenters. The van der Waals surface area contributed by atoms with E-state index in [4.69, 9.17) is 11.6 Å². The number of benzene rings is 1. The van der Waals surface area contributed by atoms with Gasteiger partial charge in [-0.25, -0.2) is 4.39 Å². The number of aryl methyl sites for hydroxylation is 1. The summed E-state index contributed by atoms with van der Waals surface area (Å²) in [5.74, 6) is -0.385. The lowest BCUT2D eigenvalue weighted by Gasteiger charge is -2.17. The zero-order chi connectivity index (χ0) is 13.8. The van der Waals surface area contributed by atoms with Gasteiger partial charge in [-0.3, -0.25) is 4.68 Å². The average molecular weight is 282 g/mol. The molecule has 0 spiro atoms. The van der Waals surface area contributed by atoms with Crippen molar-refractivity contribution in [1.82, 2.24) is 15.1 Å². The molecule has 0 bridgehead atoms. The van der Waals surface area contributed by atoms with Gasteiger partial charge >= 0.3 is 0 Å². The highest BCUT2D eigenvalue weighted by Gasteiger charge is 2.16. The first-order valence-electron chi connectivity index (χ1n) is 6.28. The molecule has 0 aliphatic rings. The summed E-state index contributed by atoms with van der Waals surface area (Å²) in [5.41, 5.74) is 1.87. The summed E-state index contributed by atoms with van der Waals surface area (Å²) in [5, 5.41) is 7.60. The maximum atomic E-state index is 13.5. The van der Waals surface area contributed by atoms with E-state index in [1.807, 2.05) is 37.1 Å². The molecule has 0 aliphatic carbocycles. The number of hydrogen-bond acceptors (Lipinski definition) is 2. The first-order valence-corrected chi connectivity index (χ1v) is 6.66. The molecule has 1 heterocycles. The second-order valence-corrected chi connectivity index (χ2v) is 4.77. The minimum atomic E-state index is -0.385. The van der Waals surface area contributed by atoms with Gasteiger partial charge in [0.2, 0.25) is 0 Å². The van der Waals surface area contributed by atoms with Crippen molar-refractivity contribution in [3.05, 3.63) is 52.6 Å². The van der Waals surface area contributed by atoms with Crippen molar-refractivity contribution in [3.8, 4) is 0 Å². The zero-order valence-corrected chi connectivity index (χ0v) is 11.8. The lowest BCUT2D eigenvalue weighted by atomic mass is 10.0. The van der Waals surface area contributed by atoms with E-state index < -0.39 is 0 Å². The number of likely N-dealkylation sites (N-methyl/N-ethyl adjacent to an activating group) is 1. The van der Waals surface area contributed by atoms with Crippen molar-refractivity contribution in [3.63, 3.8) is 0 Å². The highest BCUT2D eigenvalue weighted by Crippen LogP contribution is 2.27. The molecular formula is C14H17ClFN3. The lowest BCUT2D eigenvalue weighted by molar-refractivity contribution is 0.577. The van der Waals surface area contributed by atoms with Crippen molar-refractivity contribution in [2.75, 3.05) is 7.05 Å². The SMILES string of the molecule is CCn1cc(CC(NC)c2cccc(F)c2Cl)cn1. The van der Waals surface area contributed by atoms with E-state index in [1.165, 1.54) is 6.07 Å². The predicted octanol–water partition coefficient (Wildman–Crippen LogP) is 3.20. The van der Waals surface area contributed by atoms with E-state index >= 15 is 0 Å². The Morgan fingerprint density at radius 3 is 2.89 bits per heavy atom. The van der Waals surface area contributed by atoms with Crippen molar-refractivity contribution < 1.29 is 4.39 Å². The molecule has 1 aromatic carbocycles. The van der Waals surface area contributed by atoms with Gasteiger partial charge in [0.15, 0.2) is 0 Å². The predicted molar refractivity (Wildman–Crippen MR) is 74.8 cm³/mol. The van der Waals surface area contributed by atoms with Crippen molar-refractivity contribution >= 4 is 11.6 Å². The van der Waals surface area contributed by atoms with Gasteiger partial charge in [0, 0.05) is 18.8 Å². The maximum absolute atomic E-state index is 13.5. The molecular weight excluding hydrogens is 265 g/mol. The Bertz CT molecular complexity index is 553. The van der Waals surface area contributed by atoms with Crippen LogP contribution < -0.4 is 5.32 Å². The van der Waals surface area contributed by atoms with Crippen LogP contribution >= 0.6 is 11.6 Å². The summed E-state index contributed by atoms with van der Waals surface area (Å²) in [6.07, 6.45) is 4.55. The first kappa shape index (κ1) is 14.0. The molecule has 0 saturated heterocycles. The number of rotatable bonds is 5. The van der Waals surface area contributed by atoms with Gasteiger partial charge in [-0.2, -0.15) is 5.10 Å². The van der Waals surface area contributed by atoms with Crippen molar-refractivity contribution in [2.45, 2.75) is 25.9 Å². The smallest absolute Gasteiger partial charge is 0.142 e. The molecule has 0 saturated carbocycles. The summed E-state index contributed by atoms with van der Waals surface area (Å²) in [6.45, 7) is 2.88. The van der Waals surface area contributed by atoms with Gasteiger partial charge < -0.3 is 5.32 Å². The Morgan fingerprint density at radius 1 is 1.47 bits per heavy atom. The lowest BCUT2D eigenvalue weighted by Crippen LogP contribution is -2.19. The van der Waals surface area contributed by atoms with Crippen LogP contribution in [0.25, 0.3) is 0 Å². The summed E-state index contributed by atoms with van der Waals surface area (Å²) in [4.78, 5) is 0. The molecule has 1 aromatic heterocycles. The number of hydrogen-bond donors (Lipinski definition) is 1. The number of nitrogens with zero attached hydrogens (tertiary/aromatic N) is 2. The van der Waals surface area contributed by atoms with Gasteiger partial charge in [-0.1, -0.05) is 23.7 Å². The van der Waals surface area contributed by atoms with Crippen LogP contribution in [0.2, 0.25) is 5.02 Å². The molecule has 0 aliphatic heterocycles. The molecule has 102 valence electrons. The van der Waals surface area contributed by atoms with Gasteiger partial charge in [0.1, 0.15) is 5.82 Å². The van der Waals surface area contributed by atoms with Crippen LogP contribution in [0.4, 0.5) is 4.39 Å². The molecule has 19 heavy (non-hydrogen) atoms. The van der Waals surface area contributed by atoms with Crippen molar-refractivity contribution in [2.24, 2.45) is 0 Å². The molecule has 5 heteroatoms. The van der Waals surface area contributed by atoms with Crippen molar-refractivity contribution in [1.29, 1.82) is 0 Å². The third kappa shape index (κ3) is 3.14. The molecule has 2 rings (SSSR count). The molecule has 0 amide bonds. The average Bonchev–Trinajstić information content (AvgIpc) is 2.87. The van der Waals surface area contributed by atoms with Crippen LogP contribution in [-0.4, -0.2) is 16.8 Å². The van der Waals surface area contributed by atoms with Crippen LogP contribution in [0.1, 0.15) is 24.1 Å². The second kappa shape index (κ2) is 6.17. The third-order valence-electron chi connectivity index (χ3n) is 3.16. The summed E-state index contributed by atoms with van der Waals surface area (Å²) >= 11 is 6.03. The van der Waals surface area contributed by atoms with E-state index in [1.54, 1.807) is 6.07 Å². The fourth-order valence-electron chi connectivity index (χ4n) is 2.08. The Kier molecular flexibility index (Phi) is 4.56. The molecule has 1 atom stereocenters. The number of aromatic nitrogens is 2. The first-order chi connectivity index (χ1) is 9.15. The van der Waals surface area contributed by atoms with Crippen LogP contribution in [0, 0.1) is 5.82 Å². The van der Waals surface area contributed by atoms with E-state index in [0.717, 1.165) is 24.1 Å². The standard InChI is InChI=1S/C14H17ClFN3/c1-3-19-9-10(8-18-19)7-13(17-2)11-5-4-6-12(16)14(11)15/h4-6,8-9,13,17H,3,7H2,1-2H3. The highest BCUT2D eigenvalue weighted by molar-refractivity contribution is 6.31. The van der Waals surface area contributed by atoms with Gasteiger partial charge in [-0.05, 0) is 37.6 Å². The van der Waals surface area contributed by atoms with Gasteiger partial charge in [0.25, 0.3) is 0 Å². The van der Waals surface area contributed by atoms with E-state index in [0.29, 0.717) is 0 Å². The Hall–Kier alpha value is -1.39. The molecule has 1 N–H and O–H groups in total. The normalized spacial score (nSPS) is 12.6. The van der Waals surface area contributed by atoms with E-state index in [2.05, 4.69) is 10.4 Å². The maximum Gasteiger partial charge on any atom is 0.142 e.